The molecule has 0 aliphatic rings. The lowest BCUT2D eigenvalue weighted by Gasteiger charge is -1.99. The summed E-state index contributed by atoms with van der Waals surface area (Å²) in [6.07, 6.45) is 0.301. The summed E-state index contributed by atoms with van der Waals surface area (Å²) >= 11 is 5.54. The number of hydrogen-bond donors (Lipinski definition) is 1. The Morgan fingerprint density at radius 2 is 2.17 bits per heavy atom. The molecule has 0 aliphatic heterocycles. The second kappa shape index (κ2) is 4.23. The van der Waals surface area contributed by atoms with Crippen LogP contribution in [-0.4, -0.2) is 5.91 Å². The molecular weight excluding hydrogens is 333 g/mol. The minimum absolute atomic E-state index is 0.301. The molecular formula is C8H7BrINO. The lowest BCUT2D eigenvalue weighted by molar-refractivity contribution is -0.117. The molecule has 0 radical (unpaired) electrons. The van der Waals surface area contributed by atoms with E-state index >= 15 is 0 Å². The number of carbonyl (C=O) groups is 1. The van der Waals surface area contributed by atoms with Crippen molar-refractivity contribution < 1.29 is 4.79 Å². The summed E-state index contributed by atoms with van der Waals surface area (Å²) in [7, 11) is 0. The Kier molecular flexibility index (Phi) is 3.52. The van der Waals surface area contributed by atoms with Crippen LogP contribution in [0.3, 0.4) is 0 Å². The number of benzene rings is 1. The number of hydrogen-bond acceptors (Lipinski definition) is 1. The second-order valence-corrected chi connectivity index (χ2v) is 4.58. The molecule has 1 rings (SSSR count). The Morgan fingerprint density at radius 3 is 2.67 bits per heavy atom. The summed E-state index contributed by atoms with van der Waals surface area (Å²) in [5, 5.41) is 0. The molecule has 2 nitrogen and oxygen atoms in total. The highest BCUT2D eigenvalue weighted by Crippen LogP contribution is 2.17. The van der Waals surface area contributed by atoms with Gasteiger partial charge < -0.3 is 5.73 Å². The van der Waals surface area contributed by atoms with Gasteiger partial charge in [-0.25, -0.2) is 0 Å². The topological polar surface area (TPSA) is 43.1 Å². The van der Waals surface area contributed by atoms with Crippen molar-refractivity contribution in [2.24, 2.45) is 5.73 Å². The number of halogens is 2. The van der Waals surface area contributed by atoms with E-state index in [9.17, 15) is 4.79 Å². The molecule has 0 unspecified atom stereocenters. The molecule has 0 aromatic heterocycles. The predicted octanol–water partition coefficient (Wildman–Crippen LogP) is 2.08. The van der Waals surface area contributed by atoms with Gasteiger partial charge in [-0.15, -0.1) is 0 Å². The molecule has 0 aliphatic carbocycles. The predicted molar refractivity (Wildman–Crippen MR) is 59.8 cm³/mol. The molecule has 1 amide bonds. The second-order valence-electron chi connectivity index (χ2n) is 2.42. The van der Waals surface area contributed by atoms with Crippen molar-refractivity contribution in [1.29, 1.82) is 0 Å². The number of primary amides is 1. The molecule has 0 saturated carbocycles. The van der Waals surface area contributed by atoms with Gasteiger partial charge in [0, 0.05) is 8.04 Å². The Balaban J connectivity index is 2.93. The number of nitrogens with two attached hydrogens (primary N) is 1. The molecule has 0 bridgehead atoms. The van der Waals surface area contributed by atoms with E-state index in [1.54, 1.807) is 0 Å². The zero-order valence-corrected chi connectivity index (χ0v) is 9.92. The van der Waals surface area contributed by atoms with Gasteiger partial charge in [0.1, 0.15) is 0 Å². The quantitative estimate of drug-likeness (QED) is 0.824. The SMILES string of the molecule is NC(=O)Cc1cc(Br)cc(I)c1. The molecule has 64 valence electrons. The minimum Gasteiger partial charge on any atom is -0.369 e. The number of amides is 1. The van der Waals surface area contributed by atoms with Crippen LogP contribution in [0.2, 0.25) is 0 Å². The van der Waals surface area contributed by atoms with E-state index in [-0.39, 0.29) is 5.91 Å². The smallest absolute Gasteiger partial charge is 0.221 e. The van der Waals surface area contributed by atoms with E-state index in [0.717, 1.165) is 13.6 Å². The van der Waals surface area contributed by atoms with Gasteiger partial charge in [-0.1, -0.05) is 15.9 Å². The zero-order valence-electron chi connectivity index (χ0n) is 6.18. The molecule has 12 heavy (non-hydrogen) atoms. The first-order valence-electron chi connectivity index (χ1n) is 3.31. The number of rotatable bonds is 2. The summed E-state index contributed by atoms with van der Waals surface area (Å²) < 4.78 is 2.07. The van der Waals surface area contributed by atoms with Crippen molar-refractivity contribution >= 4 is 44.4 Å². The number of carbonyl (C=O) groups excluding carboxylic acids is 1. The molecule has 0 saturated heterocycles. The first kappa shape index (κ1) is 9.98. The van der Waals surface area contributed by atoms with Crippen molar-refractivity contribution in [2.75, 3.05) is 0 Å². The van der Waals surface area contributed by atoms with Crippen molar-refractivity contribution in [2.45, 2.75) is 6.42 Å². The van der Waals surface area contributed by atoms with Gasteiger partial charge in [-0.3, -0.25) is 4.79 Å². The Bertz CT molecular complexity index is 294. The minimum atomic E-state index is -0.302. The van der Waals surface area contributed by atoms with E-state index < -0.39 is 0 Å². The maximum absolute atomic E-state index is 10.6. The van der Waals surface area contributed by atoms with E-state index in [2.05, 4.69) is 38.5 Å². The van der Waals surface area contributed by atoms with Gasteiger partial charge in [-0.2, -0.15) is 0 Å². The van der Waals surface area contributed by atoms with Crippen LogP contribution in [0.25, 0.3) is 0 Å². The van der Waals surface area contributed by atoms with Crippen LogP contribution in [0.1, 0.15) is 5.56 Å². The Morgan fingerprint density at radius 1 is 1.50 bits per heavy atom. The van der Waals surface area contributed by atoms with Crippen LogP contribution in [-0.2, 0) is 11.2 Å². The Labute approximate surface area is 92.8 Å². The molecule has 0 heterocycles. The van der Waals surface area contributed by atoms with E-state index in [0.29, 0.717) is 6.42 Å². The maximum Gasteiger partial charge on any atom is 0.221 e. The van der Waals surface area contributed by atoms with Crippen molar-refractivity contribution in [3.05, 3.63) is 31.8 Å². The van der Waals surface area contributed by atoms with E-state index in [1.807, 2.05) is 18.2 Å². The van der Waals surface area contributed by atoms with E-state index in [1.165, 1.54) is 0 Å². The summed E-state index contributed by atoms with van der Waals surface area (Å²) in [6, 6.07) is 5.81. The lowest BCUT2D eigenvalue weighted by atomic mass is 10.1. The van der Waals surface area contributed by atoms with Gasteiger partial charge in [-0.05, 0) is 46.4 Å². The lowest BCUT2D eigenvalue weighted by Crippen LogP contribution is -2.13. The molecule has 0 spiro atoms. The van der Waals surface area contributed by atoms with Gasteiger partial charge in [0.2, 0.25) is 5.91 Å². The standard InChI is InChI=1S/C8H7BrINO/c9-6-1-5(3-8(11)12)2-7(10)4-6/h1-2,4H,3H2,(H2,11,12). The third-order valence-electron chi connectivity index (χ3n) is 1.30. The summed E-state index contributed by atoms with van der Waals surface area (Å²) in [4.78, 5) is 10.6. The monoisotopic (exact) mass is 339 g/mol. The highest BCUT2D eigenvalue weighted by atomic mass is 127. The van der Waals surface area contributed by atoms with Gasteiger partial charge >= 0.3 is 0 Å². The summed E-state index contributed by atoms with van der Waals surface area (Å²) in [5.74, 6) is -0.302. The summed E-state index contributed by atoms with van der Waals surface area (Å²) in [5.41, 5.74) is 6.01. The molecule has 4 heteroatoms. The average molecular weight is 340 g/mol. The van der Waals surface area contributed by atoms with Crippen LogP contribution in [0.4, 0.5) is 0 Å². The normalized spacial score (nSPS) is 9.83. The van der Waals surface area contributed by atoms with Crippen molar-refractivity contribution in [3.8, 4) is 0 Å². The first-order valence-corrected chi connectivity index (χ1v) is 5.18. The van der Waals surface area contributed by atoms with Gasteiger partial charge in [0.25, 0.3) is 0 Å². The van der Waals surface area contributed by atoms with Crippen LogP contribution in [0.15, 0.2) is 22.7 Å². The summed E-state index contributed by atoms with van der Waals surface area (Å²) in [6.45, 7) is 0. The molecule has 0 atom stereocenters. The zero-order chi connectivity index (χ0) is 9.14. The highest BCUT2D eigenvalue weighted by Gasteiger charge is 2.00. The van der Waals surface area contributed by atoms with Gasteiger partial charge in [0.15, 0.2) is 0 Å². The Hall–Kier alpha value is -0.100. The molecule has 1 aromatic rings. The fourth-order valence-corrected chi connectivity index (χ4v) is 2.62. The molecule has 2 N–H and O–H groups in total. The van der Waals surface area contributed by atoms with Gasteiger partial charge in [0.05, 0.1) is 6.42 Å². The maximum atomic E-state index is 10.6. The fourth-order valence-electron chi connectivity index (χ4n) is 0.914. The third-order valence-corrected chi connectivity index (χ3v) is 2.38. The van der Waals surface area contributed by atoms with Crippen LogP contribution >= 0.6 is 38.5 Å². The van der Waals surface area contributed by atoms with Crippen molar-refractivity contribution in [1.82, 2.24) is 0 Å². The third kappa shape index (κ3) is 3.10. The van der Waals surface area contributed by atoms with Crippen LogP contribution in [0, 0.1) is 3.57 Å². The molecule has 1 aromatic carbocycles. The highest BCUT2D eigenvalue weighted by molar-refractivity contribution is 14.1. The van der Waals surface area contributed by atoms with Crippen LogP contribution in [0.5, 0.6) is 0 Å². The van der Waals surface area contributed by atoms with Crippen molar-refractivity contribution in [3.63, 3.8) is 0 Å². The largest absolute Gasteiger partial charge is 0.369 e. The first-order chi connectivity index (χ1) is 5.58. The molecule has 0 fully saturated rings. The fraction of sp³-hybridized carbons (Fsp3) is 0.125. The van der Waals surface area contributed by atoms with E-state index in [4.69, 9.17) is 5.73 Å². The van der Waals surface area contributed by atoms with Crippen LogP contribution < -0.4 is 5.73 Å². The average Bonchev–Trinajstić information content (AvgIpc) is 1.81.